The molecule has 2 aromatic heterocycles. The molecule has 98 valence electrons. The molecule has 0 saturated heterocycles. The third kappa shape index (κ3) is 2.76. The van der Waals surface area contributed by atoms with Crippen molar-refractivity contribution in [2.45, 2.75) is 39.3 Å². The first-order valence-electron chi connectivity index (χ1n) is 6.20. The molecule has 1 atom stereocenters. The Balaban J connectivity index is 2.12. The lowest BCUT2D eigenvalue weighted by Gasteiger charge is -2.13. The summed E-state index contributed by atoms with van der Waals surface area (Å²) in [6.45, 7) is 4.86. The van der Waals surface area contributed by atoms with Gasteiger partial charge in [-0.3, -0.25) is 4.68 Å². The zero-order chi connectivity index (χ0) is 13.0. The van der Waals surface area contributed by atoms with E-state index in [2.05, 4.69) is 27.3 Å². The average Bonchev–Trinajstić information content (AvgIpc) is 2.96. The summed E-state index contributed by atoms with van der Waals surface area (Å²) in [6.07, 6.45) is 5.09. The van der Waals surface area contributed by atoms with Crippen molar-refractivity contribution in [1.29, 1.82) is 0 Å². The zero-order valence-electron chi connectivity index (χ0n) is 11.1. The molecule has 0 aromatic carbocycles. The van der Waals surface area contributed by atoms with Gasteiger partial charge in [0.2, 0.25) is 0 Å². The summed E-state index contributed by atoms with van der Waals surface area (Å²) in [7, 11) is 1.91. The molecule has 1 N–H and O–H groups in total. The van der Waals surface area contributed by atoms with Gasteiger partial charge in [0.15, 0.2) is 5.89 Å². The van der Waals surface area contributed by atoms with Crippen LogP contribution in [0, 0.1) is 6.92 Å². The molecule has 0 saturated carbocycles. The number of likely N-dealkylation sites (N-methyl/N-ethyl adjacent to an activating group) is 1. The van der Waals surface area contributed by atoms with Crippen LogP contribution in [0.3, 0.4) is 0 Å². The second-order valence-electron chi connectivity index (χ2n) is 4.24. The molecular formula is C12H19N5O. The maximum absolute atomic E-state index is 5.25. The Bertz CT molecular complexity index is 490. The van der Waals surface area contributed by atoms with Gasteiger partial charge in [-0.2, -0.15) is 5.10 Å². The Kier molecular flexibility index (Phi) is 4.09. The topological polar surface area (TPSA) is 68.8 Å². The summed E-state index contributed by atoms with van der Waals surface area (Å²) < 4.78 is 7.19. The minimum Gasteiger partial charge on any atom is -0.449 e. The highest BCUT2D eigenvalue weighted by molar-refractivity contribution is 5.06. The van der Waals surface area contributed by atoms with Gasteiger partial charge in [0.05, 0.1) is 11.7 Å². The predicted octanol–water partition coefficient (Wildman–Crippen LogP) is 1.49. The molecule has 0 spiro atoms. The van der Waals surface area contributed by atoms with Crippen molar-refractivity contribution in [3.63, 3.8) is 0 Å². The van der Waals surface area contributed by atoms with E-state index in [4.69, 9.17) is 4.42 Å². The number of aryl methyl sites for hydroxylation is 2. The third-order valence-electron chi connectivity index (χ3n) is 2.86. The van der Waals surface area contributed by atoms with Gasteiger partial charge in [-0.05, 0) is 13.5 Å². The molecule has 0 amide bonds. The lowest BCUT2D eigenvalue weighted by Crippen LogP contribution is -2.21. The highest BCUT2D eigenvalue weighted by Crippen LogP contribution is 2.16. The predicted molar refractivity (Wildman–Crippen MR) is 67.1 cm³/mol. The molecule has 18 heavy (non-hydrogen) atoms. The minimum absolute atomic E-state index is 0.0993. The largest absolute Gasteiger partial charge is 0.449 e. The van der Waals surface area contributed by atoms with Gasteiger partial charge in [0.25, 0.3) is 0 Å². The Morgan fingerprint density at radius 2 is 2.33 bits per heavy atom. The van der Waals surface area contributed by atoms with Crippen molar-refractivity contribution in [3.8, 4) is 0 Å². The van der Waals surface area contributed by atoms with E-state index in [9.17, 15) is 0 Å². The van der Waals surface area contributed by atoms with Crippen LogP contribution in [0.1, 0.15) is 36.8 Å². The fourth-order valence-electron chi connectivity index (χ4n) is 1.92. The molecule has 1 unspecified atom stereocenters. The molecule has 2 heterocycles. The van der Waals surface area contributed by atoms with E-state index in [-0.39, 0.29) is 6.04 Å². The van der Waals surface area contributed by atoms with E-state index in [0.717, 1.165) is 30.9 Å². The van der Waals surface area contributed by atoms with Crippen molar-refractivity contribution in [1.82, 2.24) is 25.1 Å². The quantitative estimate of drug-likeness (QED) is 0.840. The maximum Gasteiger partial charge on any atom is 0.191 e. The summed E-state index contributed by atoms with van der Waals surface area (Å²) >= 11 is 0. The van der Waals surface area contributed by atoms with Crippen molar-refractivity contribution >= 4 is 0 Å². The Labute approximate surface area is 106 Å². The fourth-order valence-corrected chi connectivity index (χ4v) is 1.92. The number of aromatic nitrogens is 4. The summed E-state index contributed by atoms with van der Waals surface area (Å²) in [5, 5.41) is 7.46. The number of rotatable bonds is 6. The van der Waals surface area contributed by atoms with Crippen LogP contribution < -0.4 is 5.32 Å². The van der Waals surface area contributed by atoms with Gasteiger partial charge in [0, 0.05) is 19.9 Å². The molecule has 0 aliphatic heterocycles. The van der Waals surface area contributed by atoms with E-state index in [1.165, 1.54) is 0 Å². The zero-order valence-corrected chi connectivity index (χ0v) is 11.1. The summed E-state index contributed by atoms with van der Waals surface area (Å²) in [6, 6.07) is 0.0993. The van der Waals surface area contributed by atoms with Gasteiger partial charge in [0.1, 0.15) is 18.4 Å². The number of hydrogen-bond acceptors (Lipinski definition) is 5. The van der Waals surface area contributed by atoms with Gasteiger partial charge in [-0.15, -0.1) is 0 Å². The summed E-state index contributed by atoms with van der Waals surface area (Å²) in [5.41, 5.74) is 0.904. The lowest BCUT2D eigenvalue weighted by molar-refractivity contribution is 0.501. The molecule has 0 fully saturated rings. The number of nitrogens with zero attached hydrogens (tertiary/aromatic N) is 4. The van der Waals surface area contributed by atoms with Crippen molar-refractivity contribution in [3.05, 3.63) is 30.0 Å². The molecule has 6 heteroatoms. The minimum atomic E-state index is 0.0993. The molecule has 0 radical (unpaired) electrons. The standard InChI is InChI=1S/C12H19N5O/c1-4-5-17-12(14-8-15-17)6-10(13-3)11-7-18-9(2)16-11/h7-8,10,13H,4-6H2,1-3H3. The van der Waals surface area contributed by atoms with Gasteiger partial charge in [-0.25, -0.2) is 9.97 Å². The smallest absolute Gasteiger partial charge is 0.191 e. The second kappa shape index (κ2) is 5.77. The van der Waals surface area contributed by atoms with Crippen LogP contribution in [0.15, 0.2) is 17.0 Å². The average molecular weight is 249 g/mol. The SMILES string of the molecule is CCCn1ncnc1CC(NC)c1coc(C)n1. The normalized spacial score (nSPS) is 12.8. The maximum atomic E-state index is 5.25. The number of oxazole rings is 1. The first-order chi connectivity index (χ1) is 8.74. The third-order valence-corrected chi connectivity index (χ3v) is 2.86. The Morgan fingerprint density at radius 3 is 2.94 bits per heavy atom. The van der Waals surface area contributed by atoms with Crippen LogP contribution in [0.2, 0.25) is 0 Å². The van der Waals surface area contributed by atoms with Gasteiger partial charge < -0.3 is 9.73 Å². The molecule has 0 aliphatic rings. The van der Waals surface area contributed by atoms with Crippen molar-refractivity contribution in [2.24, 2.45) is 0 Å². The van der Waals surface area contributed by atoms with E-state index < -0.39 is 0 Å². The lowest BCUT2D eigenvalue weighted by atomic mass is 10.1. The van der Waals surface area contributed by atoms with Crippen LogP contribution in [-0.4, -0.2) is 26.8 Å². The molecular weight excluding hydrogens is 230 g/mol. The van der Waals surface area contributed by atoms with Crippen molar-refractivity contribution in [2.75, 3.05) is 7.05 Å². The van der Waals surface area contributed by atoms with Crippen LogP contribution in [0.4, 0.5) is 0 Å². The highest BCUT2D eigenvalue weighted by atomic mass is 16.3. The first-order valence-corrected chi connectivity index (χ1v) is 6.20. The highest BCUT2D eigenvalue weighted by Gasteiger charge is 2.17. The number of hydrogen-bond donors (Lipinski definition) is 1. The summed E-state index contributed by atoms with van der Waals surface area (Å²) in [5.74, 6) is 1.65. The Morgan fingerprint density at radius 1 is 1.50 bits per heavy atom. The van der Waals surface area contributed by atoms with Crippen LogP contribution in [0.25, 0.3) is 0 Å². The molecule has 0 bridgehead atoms. The van der Waals surface area contributed by atoms with E-state index in [1.807, 2.05) is 18.7 Å². The van der Waals surface area contributed by atoms with Crippen LogP contribution >= 0.6 is 0 Å². The molecule has 0 aliphatic carbocycles. The monoisotopic (exact) mass is 249 g/mol. The van der Waals surface area contributed by atoms with E-state index >= 15 is 0 Å². The molecule has 6 nitrogen and oxygen atoms in total. The Hall–Kier alpha value is -1.69. The van der Waals surface area contributed by atoms with Crippen LogP contribution in [-0.2, 0) is 13.0 Å². The molecule has 2 rings (SSSR count). The number of nitrogens with one attached hydrogen (secondary N) is 1. The van der Waals surface area contributed by atoms with Gasteiger partial charge in [-0.1, -0.05) is 6.92 Å². The second-order valence-corrected chi connectivity index (χ2v) is 4.24. The van der Waals surface area contributed by atoms with E-state index in [0.29, 0.717) is 5.89 Å². The van der Waals surface area contributed by atoms with Gasteiger partial charge >= 0.3 is 0 Å². The fraction of sp³-hybridized carbons (Fsp3) is 0.583. The van der Waals surface area contributed by atoms with Crippen molar-refractivity contribution < 1.29 is 4.42 Å². The van der Waals surface area contributed by atoms with E-state index in [1.54, 1.807) is 12.6 Å². The molecule has 2 aromatic rings. The van der Waals surface area contributed by atoms with Crippen LogP contribution in [0.5, 0.6) is 0 Å². The summed E-state index contributed by atoms with van der Waals surface area (Å²) in [4.78, 5) is 8.66. The first kappa shape index (κ1) is 12.8.